The molecule has 0 aliphatic carbocycles. The summed E-state index contributed by atoms with van der Waals surface area (Å²) < 4.78 is 33.8. The summed E-state index contributed by atoms with van der Waals surface area (Å²) in [6.45, 7) is 0.521. The van der Waals surface area contributed by atoms with Gasteiger partial charge in [0.05, 0.1) is 9.82 Å². The first-order valence-electron chi connectivity index (χ1n) is 6.67. The quantitative estimate of drug-likeness (QED) is 0.598. The second kappa shape index (κ2) is 6.71. The van der Waals surface area contributed by atoms with Crippen LogP contribution in [0.3, 0.4) is 0 Å². The van der Waals surface area contributed by atoms with Crippen LogP contribution < -0.4 is 10.5 Å². The summed E-state index contributed by atoms with van der Waals surface area (Å²) >= 11 is 0. The molecule has 1 aromatic rings. The van der Waals surface area contributed by atoms with Crippen molar-refractivity contribution in [2.24, 2.45) is 11.1 Å². The molecule has 8 nitrogen and oxygen atoms in total. The standard InChI is InChI=1S/C12H17N3O5S2/c13-22(19,20)10-1-2-11(12(7-10)15(16)17)14-8-9-3-5-21(18)6-4-9/h1-2,7,9,14H,3-6,8H2,(H2,13,19,20). The fourth-order valence-corrected chi connectivity index (χ4v) is 4.22. The van der Waals surface area contributed by atoms with Crippen molar-refractivity contribution in [3.05, 3.63) is 28.3 Å². The zero-order valence-electron chi connectivity index (χ0n) is 11.7. The molecule has 122 valence electrons. The summed E-state index contributed by atoms with van der Waals surface area (Å²) in [6, 6.07) is 3.53. The van der Waals surface area contributed by atoms with Crippen LogP contribution in [0.25, 0.3) is 0 Å². The van der Waals surface area contributed by atoms with Gasteiger partial charge in [0.15, 0.2) is 0 Å². The van der Waals surface area contributed by atoms with Gasteiger partial charge in [-0.1, -0.05) is 0 Å². The van der Waals surface area contributed by atoms with E-state index in [1.807, 2.05) is 0 Å². The molecule has 2 rings (SSSR count). The maximum atomic E-state index is 11.3. The van der Waals surface area contributed by atoms with Crippen LogP contribution >= 0.6 is 0 Å². The molecule has 1 fully saturated rings. The maximum Gasteiger partial charge on any atom is 0.293 e. The largest absolute Gasteiger partial charge is 0.379 e. The SMILES string of the molecule is NS(=O)(=O)c1ccc(NCC2CCS(=O)CC2)c([N+](=O)[O-])c1. The first kappa shape index (κ1) is 16.8. The third-order valence-electron chi connectivity index (χ3n) is 3.58. The minimum absolute atomic E-state index is 0.254. The van der Waals surface area contributed by atoms with Crippen molar-refractivity contribution in [2.45, 2.75) is 17.7 Å². The van der Waals surface area contributed by atoms with E-state index in [1.54, 1.807) is 0 Å². The molecule has 0 atom stereocenters. The Kier molecular flexibility index (Phi) is 5.14. The van der Waals surface area contributed by atoms with Gasteiger partial charge in [0.25, 0.3) is 5.69 Å². The molecule has 10 heteroatoms. The first-order valence-corrected chi connectivity index (χ1v) is 9.71. The van der Waals surface area contributed by atoms with Crippen LogP contribution in [-0.2, 0) is 20.8 Å². The smallest absolute Gasteiger partial charge is 0.293 e. The summed E-state index contributed by atoms with van der Waals surface area (Å²) in [5, 5.41) is 19.0. The molecule has 1 aliphatic heterocycles. The van der Waals surface area contributed by atoms with E-state index < -0.39 is 25.7 Å². The Morgan fingerprint density at radius 2 is 2.00 bits per heavy atom. The van der Waals surface area contributed by atoms with Crippen LogP contribution in [0.5, 0.6) is 0 Å². The molecule has 1 aromatic carbocycles. The van der Waals surface area contributed by atoms with Crippen LogP contribution in [0.15, 0.2) is 23.1 Å². The number of anilines is 1. The molecule has 0 radical (unpaired) electrons. The number of hydrogen-bond acceptors (Lipinski definition) is 6. The van der Waals surface area contributed by atoms with E-state index in [4.69, 9.17) is 5.14 Å². The van der Waals surface area contributed by atoms with E-state index in [-0.39, 0.29) is 16.3 Å². The van der Waals surface area contributed by atoms with Crippen LogP contribution in [0, 0.1) is 16.0 Å². The van der Waals surface area contributed by atoms with E-state index in [9.17, 15) is 22.7 Å². The minimum atomic E-state index is -3.98. The Morgan fingerprint density at radius 1 is 1.36 bits per heavy atom. The van der Waals surface area contributed by atoms with Crippen molar-refractivity contribution < 1.29 is 17.6 Å². The normalized spacial score (nSPS) is 22.2. The van der Waals surface area contributed by atoms with E-state index in [2.05, 4.69) is 5.32 Å². The number of nitrogens with zero attached hydrogens (tertiary/aromatic N) is 1. The van der Waals surface area contributed by atoms with E-state index >= 15 is 0 Å². The lowest BCUT2D eigenvalue weighted by Crippen LogP contribution is -2.24. The van der Waals surface area contributed by atoms with Crippen molar-refractivity contribution in [3.8, 4) is 0 Å². The van der Waals surface area contributed by atoms with Crippen LogP contribution in [-0.4, -0.2) is 35.6 Å². The fraction of sp³-hybridized carbons (Fsp3) is 0.500. The van der Waals surface area contributed by atoms with Gasteiger partial charge in [-0.25, -0.2) is 13.6 Å². The van der Waals surface area contributed by atoms with Crippen LogP contribution in [0.4, 0.5) is 11.4 Å². The number of nitro groups is 1. The number of nitrogens with two attached hydrogens (primary N) is 1. The number of rotatable bonds is 5. The number of hydrogen-bond donors (Lipinski definition) is 2. The van der Waals surface area contributed by atoms with Crippen molar-refractivity contribution in [3.63, 3.8) is 0 Å². The molecule has 0 aromatic heterocycles. The van der Waals surface area contributed by atoms with Gasteiger partial charge in [0, 0.05) is 34.9 Å². The number of nitro benzene ring substituents is 1. The molecule has 0 saturated carbocycles. The Hall–Kier alpha value is -1.52. The van der Waals surface area contributed by atoms with E-state index in [0.29, 0.717) is 24.0 Å². The predicted octanol–water partition coefficient (Wildman–Crippen LogP) is 0.813. The topological polar surface area (TPSA) is 132 Å². The highest BCUT2D eigenvalue weighted by molar-refractivity contribution is 7.89. The van der Waals surface area contributed by atoms with Gasteiger partial charge >= 0.3 is 0 Å². The molecule has 0 unspecified atom stereocenters. The van der Waals surface area contributed by atoms with Crippen LogP contribution in [0.2, 0.25) is 0 Å². The Balaban J connectivity index is 2.13. The fourth-order valence-electron chi connectivity index (χ4n) is 2.29. The highest BCUT2D eigenvalue weighted by Gasteiger charge is 2.21. The van der Waals surface area contributed by atoms with Gasteiger partial charge < -0.3 is 5.32 Å². The predicted molar refractivity (Wildman–Crippen MR) is 83.6 cm³/mol. The molecular formula is C12H17N3O5S2. The van der Waals surface area contributed by atoms with Crippen molar-refractivity contribution in [1.82, 2.24) is 0 Å². The molecular weight excluding hydrogens is 330 g/mol. The Labute approximate surface area is 130 Å². The van der Waals surface area contributed by atoms with Gasteiger partial charge in [-0.3, -0.25) is 14.3 Å². The summed E-state index contributed by atoms with van der Waals surface area (Å²) in [6.07, 6.45) is 1.62. The zero-order chi connectivity index (χ0) is 16.3. The second-order valence-corrected chi connectivity index (χ2v) is 8.41. The maximum absolute atomic E-state index is 11.3. The number of nitrogens with one attached hydrogen (secondary N) is 1. The molecule has 1 saturated heterocycles. The lowest BCUT2D eigenvalue weighted by molar-refractivity contribution is -0.384. The summed E-state index contributed by atoms with van der Waals surface area (Å²) in [4.78, 5) is 10.1. The molecule has 1 heterocycles. The first-order chi connectivity index (χ1) is 10.3. The number of benzene rings is 1. The molecule has 0 amide bonds. The lowest BCUT2D eigenvalue weighted by atomic mass is 10.0. The summed E-state index contributed by atoms with van der Waals surface area (Å²) in [5.41, 5.74) is -0.0741. The van der Waals surface area contributed by atoms with Crippen molar-refractivity contribution in [2.75, 3.05) is 23.4 Å². The van der Waals surface area contributed by atoms with Gasteiger partial charge in [-0.05, 0) is 30.9 Å². The van der Waals surface area contributed by atoms with Gasteiger partial charge in [-0.2, -0.15) is 0 Å². The van der Waals surface area contributed by atoms with Gasteiger partial charge in [0.2, 0.25) is 10.0 Å². The molecule has 3 N–H and O–H groups in total. The number of sulfonamides is 1. The van der Waals surface area contributed by atoms with Crippen molar-refractivity contribution in [1.29, 1.82) is 0 Å². The second-order valence-electron chi connectivity index (χ2n) is 5.15. The Morgan fingerprint density at radius 3 is 2.55 bits per heavy atom. The average molecular weight is 347 g/mol. The average Bonchev–Trinajstić information content (AvgIpc) is 2.45. The van der Waals surface area contributed by atoms with E-state index in [0.717, 1.165) is 18.9 Å². The molecule has 1 aliphatic rings. The molecule has 0 spiro atoms. The Bertz CT molecular complexity index is 695. The highest BCUT2D eigenvalue weighted by Crippen LogP contribution is 2.28. The third-order valence-corrected chi connectivity index (χ3v) is 5.88. The molecule has 0 bridgehead atoms. The van der Waals surface area contributed by atoms with Crippen LogP contribution in [0.1, 0.15) is 12.8 Å². The summed E-state index contributed by atoms with van der Waals surface area (Å²) in [7, 11) is -4.73. The monoisotopic (exact) mass is 347 g/mol. The summed E-state index contributed by atoms with van der Waals surface area (Å²) in [5.74, 6) is 1.60. The van der Waals surface area contributed by atoms with Gasteiger partial charge in [0.1, 0.15) is 5.69 Å². The highest BCUT2D eigenvalue weighted by atomic mass is 32.2. The van der Waals surface area contributed by atoms with Gasteiger partial charge in [-0.15, -0.1) is 0 Å². The van der Waals surface area contributed by atoms with E-state index in [1.165, 1.54) is 12.1 Å². The minimum Gasteiger partial charge on any atom is -0.379 e. The number of primary sulfonamides is 1. The van der Waals surface area contributed by atoms with Crippen molar-refractivity contribution >= 4 is 32.2 Å². The third kappa shape index (κ3) is 4.24. The lowest BCUT2D eigenvalue weighted by Gasteiger charge is -2.22. The molecule has 22 heavy (non-hydrogen) atoms. The zero-order valence-corrected chi connectivity index (χ0v) is 13.4.